The molecule has 3 nitrogen and oxygen atoms in total. The summed E-state index contributed by atoms with van der Waals surface area (Å²) in [5.74, 6) is 1.77. The smallest absolute Gasteiger partial charge is 0.220 e. The number of carbonyl (C=O) groups excluding carboxylic acids is 1. The number of hydrogen-bond acceptors (Lipinski definition) is 2. The van der Waals surface area contributed by atoms with Crippen molar-refractivity contribution >= 4 is 5.91 Å². The van der Waals surface area contributed by atoms with Crippen molar-refractivity contribution in [2.45, 2.75) is 58.0 Å². The molecule has 0 radical (unpaired) electrons. The van der Waals surface area contributed by atoms with E-state index in [1.54, 1.807) is 14.0 Å². The van der Waals surface area contributed by atoms with Gasteiger partial charge in [0.2, 0.25) is 5.91 Å². The molecule has 2 aliphatic rings. The van der Waals surface area contributed by atoms with Crippen molar-refractivity contribution in [1.29, 1.82) is 0 Å². The molecule has 0 saturated heterocycles. The molecule has 114 valence electrons. The molecule has 1 aliphatic carbocycles. The van der Waals surface area contributed by atoms with Crippen LogP contribution in [0.3, 0.4) is 0 Å². The number of carbonyl (C=O) groups is 1. The van der Waals surface area contributed by atoms with Gasteiger partial charge in [0.1, 0.15) is 5.75 Å². The monoisotopic (exact) mass is 287 g/mol. The van der Waals surface area contributed by atoms with E-state index in [2.05, 4.69) is 17.0 Å². The zero-order chi connectivity index (χ0) is 14.8. The Morgan fingerprint density at radius 3 is 2.62 bits per heavy atom. The molecule has 1 saturated carbocycles. The van der Waals surface area contributed by atoms with E-state index in [9.17, 15) is 4.79 Å². The first-order valence-corrected chi connectivity index (χ1v) is 8.12. The molecule has 21 heavy (non-hydrogen) atoms. The van der Waals surface area contributed by atoms with E-state index in [4.69, 9.17) is 4.74 Å². The van der Waals surface area contributed by atoms with Crippen molar-refractivity contribution < 1.29 is 9.53 Å². The molecule has 1 amide bonds. The van der Waals surface area contributed by atoms with Crippen LogP contribution < -0.4 is 4.74 Å². The van der Waals surface area contributed by atoms with Crippen LogP contribution in [-0.4, -0.2) is 24.0 Å². The molecule has 1 aromatic carbocycles. The third-order valence-electron chi connectivity index (χ3n) is 5.18. The van der Waals surface area contributed by atoms with Crippen molar-refractivity contribution in [3.63, 3.8) is 0 Å². The lowest BCUT2D eigenvalue weighted by Crippen LogP contribution is -2.47. The fourth-order valence-corrected chi connectivity index (χ4v) is 4.00. The predicted octanol–water partition coefficient (Wildman–Crippen LogP) is 3.55. The molecule has 1 fully saturated rings. The van der Waals surface area contributed by atoms with Crippen molar-refractivity contribution in [3.8, 4) is 5.75 Å². The molecule has 0 bridgehead atoms. The van der Waals surface area contributed by atoms with Gasteiger partial charge in [-0.1, -0.05) is 25.3 Å². The predicted molar refractivity (Wildman–Crippen MR) is 83.3 cm³/mol. The largest absolute Gasteiger partial charge is 0.497 e. The zero-order valence-electron chi connectivity index (χ0n) is 13.1. The average molecular weight is 287 g/mol. The molecule has 3 rings (SSSR count). The van der Waals surface area contributed by atoms with E-state index in [1.807, 2.05) is 6.07 Å². The molecule has 0 N–H and O–H groups in total. The summed E-state index contributed by atoms with van der Waals surface area (Å²) in [6, 6.07) is 6.70. The molecular formula is C18H25NO2. The first-order valence-electron chi connectivity index (χ1n) is 8.12. The van der Waals surface area contributed by atoms with Crippen LogP contribution >= 0.6 is 0 Å². The second-order valence-electron chi connectivity index (χ2n) is 6.45. The lowest BCUT2D eigenvalue weighted by Gasteiger charge is -2.42. The molecule has 1 atom stereocenters. The number of fused-ring (bicyclic) bond motifs is 1. The van der Waals surface area contributed by atoms with Crippen LogP contribution in [0, 0.1) is 5.92 Å². The summed E-state index contributed by atoms with van der Waals surface area (Å²) in [6.07, 6.45) is 7.56. The first kappa shape index (κ1) is 14.4. The molecule has 1 heterocycles. The minimum absolute atomic E-state index is 0.207. The molecule has 1 aliphatic heterocycles. The maximum absolute atomic E-state index is 12.1. The summed E-state index contributed by atoms with van der Waals surface area (Å²) in [7, 11) is 1.69. The van der Waals surface area contributed by atoms with Crippen molar-refractivity contribution in [1.82, 2.24) is 4.90 Å². The molecular weight excluding hydrogens is 262 g/mol. The van der Waals surface area contributed by atoms with Crippen molar-refractivity contribution in [2.75, 3.05) is 7.11 Å². The topological polar surface area (TPSA) is 29.5 Å². The van der Waals surface area contributed by atoms with E-state index in [-0.39, 0.29) is 5.91 Å². The van der Waals surface area contributed by atoms with Gasteiger partial charge in [-0.05, 0) is 48.4 Å². The van der Waals surface area contributed by atoms with Gasteiger partial charge < -0.3 is 9.64 Å². The van der Waals surface area contributed by atoms with E-state index in [1.165, 1.54) is 43.2 Å². The highest BCUT2D eigenvalue weighted by Gasteiger charge is 2.34. The fourth-order valence-electron chi connectivity index (χ4n) is 4.00. The van der Waals surface area contributed by atoms with Crippen molar-refractivity contribution in [3.05, 3.63) is 29.3 Å². The van der Waals surface area contributed by atoms with Gasteiger partial charge in [0.15, 0.2) is 0 Å². The highest BCUT2D eigenvalue weighted by molar-refractivity contribution is 5.74. The Hall–Kier alpha value is -1.51. The summed E-state index contributed by atoms with van der Waals surface area (Å²) in [5, 5.41) is 0. The van der Waals surface area contributed by atoms with Crippen molar-refractivity contribution in [2.24, 2.45) is 5.92 Å². The molecule has 3 heteroatoms. The fraction of sp³-hybridized carbons (Fsp3) is 0.611. The van der Waals surface area contributed by atoms with E-state index in [0.29, 0.717) is 12.0 Å². The Bertz CT molecular complexity index is 520. The van der Waals surface area contributed by atoms with Gasteiger partial charge in [-0.25, -0.2) is 0 Å². The third-order valence-corrected chi connectivity index (χ3v) is 5.18. The average Bonchev–Trinajstić information content (AvgIpc) is 2.53. The summed E-state index contributed by atoms with van der Waals surface area (Å²) < 4.78 is 5.32. The maximum Gasteiger partial charge on any atom is 0.220 e. The van der Waals surface area contributed by atoms with Gasteiger partial charge in [0.05, 0.1) is 7.11 Å². The summed E-state index contributed by atoms with van der Waals surface area (Å²) >= 11 is 0. The molecule has 0 spiro atoms. The van der Waals surface area contributed by atoms with Gasteiger partial charge in [0.25, 0.3) is 0 Å². The van der Waals surface area contributed by atoms with Crippen LogP contribution in [0.5, 0.6) is 5.75 Å². The Balaban J connectivity index is 1.87. The van der Waals surface area contributed by atoms with E-state index >= 15 is 0 Å². The third kappa shape index (κ3) is 2.92. The van der Waals surface area contributed by atoms with Gasteiger partial charge in [-0.2, -0.15) is 0 Å². The minimum atomic E-state index is 0.207. The van der Waals surface area contributed by atoms with Crippen LogP contribution in [0.15, 0.2) is 18.2 Å². The number of amides is 1. The van der Waals surface area contributed by atoms with Gasteiger partial charge in [-0.3, -0.25) is 4.79 Å². The maximum atomic E-state index is 12.1. The standard InChI is InChI=1S/C18H25NO2/c1-13(20)19-12-16-10-17(21-2)9-8-15(16)11-18(19)14-6-4-3-5-7-14/h8-10,14,18H,3-7,11-12H2,1-2H3. The quantitative estimate of drug-likeness (QED) is 0.832. The Morgan fingerprint density at radius 1 is 1.19 bits per heavy atom. The van der Waals surface area contributed by atoms with Gasteiger partial charge >= 0.3 is 0 Å². The number of ether oxygens (including phenoxy) is 1. The second-order valence-corrected chi connectivity index (χ2v) is 6.45. The summed E-state index contributed by atoms with van der Waals surface area (Å²) in [6.45, 7) is 2.45. The number of benzene rings is 1. The Morgan fingerprint density at radius 2 is 1.95 bits per heavy atom. The van der Waals surface area contributed by atoms with Crippen LogP contribution in [0.25, 0.3) is 0 Å². The van der Waals surface area contributed by atoms with Gasteiger partial charge in [0, 0.05) is 19.5 Å². The first-order chi connectivity index (χ1) is 10.2. The molecule has 1 aromatic rings. The van der Waals surface area contributed by atoms with E-state index < -0.39 is 0 Å². The highest BCUT2D eigenvalue weighted by Crippen LogP contribution is 2.35. The second kappa shape index (κ2) is 6.08. The number of methoxy groups -OCH3 is 1. The van der Waals surface area contributed by atoms with Crippen LogP contribution in [-0.2, 0) is 17.8 Å². The lowest BCUT2D eigenvalue weighted by molar-refractivity contribution is -0.134. The zero-order valence-corrected chi connectivity index (χ0v) is 13.1. The van der Waals surface area contributed by atoms with Crippen LogP contribution in [0.2, 0.25) is 0 Å². The van der Waals surface area contributed by atoms with Crippen LogP contribution in [0.1, 0.15) is 50.2 Å². The highest BCUT2D eigenvalue weighted by atomic mass is 16.5. The minimum Gasteiger partial charge on any atom is -0.497 e. The Kier molecular flexibility index (Phi) is 4.18. The summed E-state index contributed by atoms with van der Waals surface area (Å²) in [5.41, 5.74) is 2.64. The number of nitrogens with zero attached hydrogens (tertiary/aromatic N) is 1. The van der Waals surface area contributed by atoms with E-state index in [0.717, 1.165) is 18.7 Å². The molecule has 1 unspecified atom stereocenters. The lowest BCUT2D eigenvalue weighted by atomic mass is 9.78. The number of hydrogen-bond donors (Lipinski definition) is 0. The summed E-state index contributed by atoms with van der Waals surface area (Å²) in [4.78, 5) is 14.2. The van der Waals surface area contributed by atoms with Crippen LogP contribution in [0.4, 0.5) is 0 Å². The van der Waals surface area contributed by atoms with Gasteiger partial charge in [-0.15, -0.1) is 0 Å². The normalized spacial score (nSPS) is 22.8. The number of rotatable bonds is 2. The molecule has 0 aromatic heterocycles. The SMILES string of the molecule is COc1ccc2c(c1)CN(C(C)=O)C(C1CCCCC1)C2. The Labute approximate surface area is 127 Å².